The number of quaternary nitrogens is 1. The predicted molar refractivity (Wildman–Crippen MR) is 88.3 cm³/mol. The molecule has 0 saturated heterocycles. The Bertz CT molecular complexity index is 703. The van der Waals surface area contributed by atoms with E-state index in [0.717, 1.165) is 30.0 Å². The lowest BCUT2D eigenvalue weighted by Gasteiger charge is -2.25. The van der Waals surface area contributed by atoms with Crippen LogP contribution in [0.2, 0.25) is 10.0 Å². The minimum atomic E-state index is 0.193. The van der Waals surface area contributed by atoms with Crippen LogP contribution in [0.5, 0.6) is 11.5 Å². The minimum Gasteiger partial charge on any atom is -0.493 e. The molecular formula is C17H18Cl2NO2+. The quantitative estimate of drug-likeness (QED) is 0.932. The first-order chi connectivity index (χ1) is 10.6. The zero-order chi connectivity index (χ0) is 15.7. The van der Waals surface area contributed by atoms with Gasteiger partial charge in [-0.3, -0.25) is 0 Å². The van der Waals surface area contributed by atoms with E-state index in [9.17, 15) is 0 Å². The Morgan fingerprint density at radius 1 is 1.00 bits per heavy atom. The predicted octanol–water partition coefficient (Wildman–Crippen LogP) is 3.22. The maximum Gasteiger partial charge on any atom is 0.161 e. The summed E-state index contributed by atoms with van der Waals surface area (Å²) in [4.78, 5) is 0. The summed E-state index contributed by atoms with van der Waals surface area (Å²) in [6, 6.07) is 10.2. The number of ether oxygens (including phenoxy) is 2. The van der Waals surface area contributed by atoms with Crippen molar-refractivity contribution >= 4 is 23.2 Å². The number of benzene rings is 2. The van der Waals surface area contributed by atoms with Gasteiger partial charge in [-0.05, 0) is 29.8 Å². The first-order valence-electron chi connectivity index (χ1n) is 7.17. The molecule has 0 bridgehead atoms. The van der Waals surface area contributed by atoms with Crippen molar-refractivity contribution in [3.05, 3.63) is 57.1 Å². The highest BCUT2D eigenvalue weighted by atomic mass is 35.5. The lowest BCUT2D eigenvalue weighted by molar-refractivity contribution is -0.690. The molecule has 1 aliphatic rings. The third kappa shape index (κ3) is 2.76. The van der Waals surface area contributed by atoms with Gasteiger partial charge in [-0.25, -0.2) is 0 Å². The summed E-state index contributed by atoms with van der Waals surface area (Å²) in [5.41, 5.74) is 3.67. The molecule has 1 heterocycles. The first kappa shape index (κ1) is 15.5. The monoisotopic (exact) mass is 338 g/mol. The fraction of sp³-hybridized carbons (Fsp3) is 0.294. The fourth-order valence-electron chi connectivity index (χ4n) is 3.00. The standard InChI is InChI=1S/C17H17Cl2NO2/c1-21-15-8-10-5-6-20-17(12(10)9-16(15)22-2)11-3-4-13(18)14(19)7-11/h3-4,7-9,17,20H,5-6H2,1-2H3/p+1/t17-/m1/s1. The second-order valence-electron chi connectivity index (χ2n) is 5.33. The van der Waals surface area contributed by atoms with Crippen LogP contribution in [0.3, 0.4) is 0 Å². The van der Waals surface area contributed by atoms with E-state index >= 15 is 0 Å². The molecule has 1 atom stereocenters. The average molecular weight is 339 g/mol. The molecule has 0 unspecified atom stereocenters. The topological polar surface area (TPSA) is 35.1 Å². The van der Waals surface area contributed by atoms with Crippen LogP contribution in [-0.4, -0.2) is 20.8 Å². The average Bonchev–Trinajstić information content (AvgIpc) is 2.55. The van der Waals surface area contributed by atoms with E-state index in [1.807, 2.05) is 18.2 Å². The lowest BCUT2D eigenvalue weighted by atomic mass is 9.89. The van der Waals surface area contributed by atoms with E-state index in [1.54, 1.807) is 14.2 Å². The molecule has 0 spiro atoms. The Hall–Kier alpha value is -1.42. The fourth-order valence-corrected chi connectivity index (χ4v) is 3.30. The molecule has 0 saturated carbocycles. The smallest absolute Gasteiger partial charge is 0.161 e. The highest BCUT2D eigenvalue weighted by Gasteiger charge is 2.27. The van der Waals surface area contributed by atoms with Crippen LogP contribution < -0.4 is 14.8 Å². The molecule has 0 fully saturated rings. The number of hydrogen-bond donors (Lipinski definition) is 1. The molecule has 0 aromatic heterocycles. The van der Waals surface area contributed by atoms with E-state index < -0.39 is 0 Å². The van der Waals surface area contributed by atoms with Gasteiger partial charge >= 0.3 is 0 Å². The number of nitrogens with two attached hydrogens (primary N) is 1. The van der Waals surface area contributed by atoms with Crippen LogP contribution in [0.15, 0.2) is 30.3 Å². The Kier molecular flexibility index (Phi) is 4.48. The van der Waals surface area contributed by atoms with Gasteiger partial charge in [0.05, 0.1) is 30.8 Å². The highest BCUT2D eigenvalue weighted by molar-refractivity contribution is 6.42. The van der Waals surface area contributed by atoms with Gasteiger partial charge in [-0.15, -0.1) is 0 Å². The van der Waals surface area contributed by atoms with Crippen LogP contribution in [0, 0.1) is 0 Å². The van der Waals surface area contributed by atoms with E-state index in [-0.39, 0.29) is 6.04 Å². The SMILES string of the molecule is COc1cc2c(cc1OC)[C@@H](c1ccc(Cl)c(Cl)c1)[NH2+]CC2. The first-order valence-corrected chi connectivity index (χ1v) is 7.92. The van der Waals surface area contributed by atoms with Crippen molar-refractivity contribution in [1.82, 2.24) is 0 Å². The molecule has 3 nitrogen and oxygen atoms in total. The zero-order valence-electron chi connectivity index (χ0n) is 12.5. The van der Waals surface area contributed by atoms with Crippen molar-refractivity contribution in [2.24, 2.45) is 0 Å². The van der Waals surface area contributed by atoms with E-state index in [0.29, 0.717) is 10.0 Å². The number of methoxy groups -OCH3 is 2. The van der Waals surface area contributed by atoms with Gasteiger partial charge in [0.2, 0.25) is 0 Å². The van der Waals surface area contributed by atoms with E-state index in [1.165, 1.54) is 11.1 Å². The normalized spacial score (nSPS) is 17.0. The molecule has 116 valence electrons. The Morgan fingerprint density at radius 2 is 1.73 bits per heavy atom. The van der Waals surface area contributed by atoms with Gasteiger partial charge in [0, 0.05) is 17.5 Å². The summed E-state index contributed by atoms with van der Waals surface area (Å²) in [5, 5.41) is 3.47. The van der Waals surface area contributed by atoms with Crippen LogP contribution in [0.4, 0.5) is 0 Å². The molecule has 2 aromatic rings. The van der Waals surface area contributed by atoms with Crippen molar-refractivity contribution in [2.75, 3.05) is 20.8 Å². The Morgan fingerprint density at radius 3 is 2.41 bits per heavy atom. The molecule has 3 rings (SSSR count). The summed E-state index contributed by atoms with van der Waals surface area (Å²) in [5.74, 6) is 1.53. The lowest BCUT2D eigenvalue weighted by Crippen LogP contribution is -2.87. The largest absolute Gasteiger partial charge is 0.493 e. The van der Waals surface area contributed by atoms with Crippen LogP contribution in [0.25, 0.3) is 0 Å². The maximum atomic E-state index is 6.18. The number of rotatable bonds is 3. The third-order valence-corrected chi connectivity index (χ3v) is 4.84. The highest BCUT2D eigenvalue weighted by Crippen LogP contribution is 2.36. The molecule has 2 aromatic carbocycles. The summed E-state index contributed by atoms with van der Waals surface area (Å²) in [6.45, 7) is 1.02. The Labute approximate surface area is 140 Å². The van der Waals surface area contributed by atoms with Gasteiger partial charge in [-0.2, -0.15) is 0 Å². The molecule has 2 N–H and O–H groups in total. The van der Waals surface area contributed by atoms with Gasteiger partial charge in [0.1, 0.15) is 6.04 Å². The van der Waals surface area contributed by atoms with Crippen LogP contribution >= 0.6 is 23.2 Å². The molecule has 1 aliphatic heterocycles. The molecule has 0 radical (unpaired) electrons. The summed E-state index contributed by atoms with van der Waals surface area (Å²) in [6.07, 6.45) is 1.01. The van der Waals surface area contributed by atoms with Crippen LogP contribution in [-0.2, 0) is 6.42 Å². The summed E-state index contributed by atoms with van der Waals surface area (Å²) < 4.78 is 10.8. The van der Waals surface area contributed by atoms with Gasteiger partial charge in [0.15, 0.2) is 11.5 Å². The van der Waals surface area contributed by atoms with Crippen molar-refractivity contribution < 1.29 is 14.8 Å². The molecular weight excluding hydrogens is 321 g/mol. The van der Waals surface area contributed by atoms with Crippen molar-refractivity contribution in [3.63, 3.8) is 0 Å². The van der Waals surface area contributed by atoms with Crippen molar-refractivity contribution in [1.29, 1.82) is 0 Å². The number of fused-ring (bicyclic) bond motifs is 1. The number of hydrogen-bond acceptors (Lipinski definition) is 2. The third-order valence-electron chi connectivity index (χ3n) is 4.10. The zero-order valence-corrected chi connectivity index (χ0v) is 14.0. The maximum absolute atomic E-state index is 6.18. The number of halogens is 2. The summed E-state index contributed by atoms with van der Waals surface area (Å²) >= 11 is 12.2. The second kappa shape index (κ2) is 6.37. The van der Waals surface area contributed by atoms with Crippen molar-refractivity contribution in [3.8, 4) is 11.5 Å². The van der Waals surface area contributed by atoms with Gasteiger partial charge < -0.3 is 14.8 Å². The van der Waals surface area contributed by atoms with E-state index in [2.05, 4.69) is 17.4 Å². The molecule has 0 aliphatic carbocycles. The van der Waals surface area contributed by atoms with Gasteiger partial charge in [-0.1, -0.05) is 29.3 Å². The molecule has 0 amide bonds. The molecule has 22 heavy (non-hydrogen) atoms. The minimum absolute atomic E-state index is 0.193. The summed E-state index contributed by atoms with van der Waals surface area (Å²) in [7, 11) is 3.32. The second-order valence-corrected chi connectivity index (χ2v) is 6.15. The van der Waals surface area contributed by atoms with Crippen molar-refractivity contribution in [2.45, 2.75) is 12.5 Å². The Balaban J connectivity index is 2.08. The molecule has 5 heteroatoms. The van der Waals surface area contributed by atoms with Gasteiger partial charge in [0.25, 0.3) is 0 Å². The van der Waals surface area contributed by atoms with E-state index in [4.69, 9.17) is 32.7 Å². The van der Waals surface area contributed by atoms with Crippen LogP contribution in [0.1, 0.15) is 22.7 Å².